The first-order chi connectivity index (χ1) is 9.46. The molecule has 0 heterocycles. The van der Waals surface area contributed by atoms with Gasteiger partial charge in [-0.3, -0.25) is 4.72 Å². The fourth-order valence-corrected chi connectivity index (χ4v) is 3.48. The highest BCUT2D eigenvalue weighted by Gasteiger charge is 2.21. The molecule has 0 radical (unpaired) electrons. The topological polar surface area (TPSA) is 81.4 Å². The van der Waals surface area contributed by atoms with Crippen molar-refractivity contribution in [2.24, 2.45) is 5.92 Å². The van der Waals surface area contributed by atoms with Crippen molar-refractivity contribution in [3.8, 4) is 5.75 Å². The van der Waals surface area contributed by atoms with Gasteiger partial charge in [-0.1, -0.05) is 34.6 Å². The summed E-state index contributed by atoms with van der Waals surface area (Å²) in [7, 11) is -1.96. The number of nitrogens with one attached hydrogen (secondary N) is 1. The van der Waals surface area contributed by atoms with E-state index in [2.05, 4.69) is 4.72 Å². The molecule has 0 aliphatic carbocycles. The zero-order valence-corrected chi connectivity index (χ0v) is 14.5. The first kappa shape index (κ1) is 17.6. The van der Waals surface area contributed by atoms with Crippen LogP contribution in [0.5, 0.6) is 5.75 Å². The van der Waals surface area contributed by atoms with Crippen LogP contribution in [0, 0.1) is 5.92 Å². The van der Waals surface area contributed by atoms with E-state index < -0.39 is 10.0 Å². The highest BCUT2D eigenvalue weighted by molar-refractivity contribution is 7.92. The second-order valence-electron chi connectivity index (χ2n) is 6.67. The molecule has 0 saturated heterocycles. The average molecular weight is 314 g/mol. The van der Waals surface area contributed by atoms with Crippen LogP contribution in [-0.4, -0.2) is 21.3 Å². The summed E-state index contributed by atoms with van der Waals surface area (Å²) in [4.78, 5) is 0. The number of nitrogen functional groups attached to an aromatic ring is 1. The van der Waals surface area contributed by atoms with Crippen LogP contribution < -0.4 is 15.2 Å². The fourth-order valence-electron chi connectivity index (χ4n) is 2.04. The van der Waals surface area contributed by atoms with Gasteiger partial charge in [0.05, 0.1) is 24.2 Å². The van der Waals surface area contributed by atoms with Gasteiger partial charge >= 0.3 is 0 Å². The molecule has 0 unspecified atom stereocenters. The number of ether oxygens (including phenoxy) is 1. The number of sulfonamides is 1. The van der Waals surface area contributed by atoms with Gasteiger partial charge in [-0.15, -0.1) is 0 Å². The van der Waals surface area contributed by atoms with Crippen LogP contribution in [-0.2, 0) is 15.4 Å². The van der Waals surface area contributed by atoms with Crippen LogP contribution in [0.2, 0.25) is 0 Å². The van der Waals surface area contributed by atoms with Crippen molar-refractivity contribution in [2.45, 2.75) is 40.0 Å². The average Bonchev–Trinajstić information content (AvgIpc) is 2.24. The standard InChI is InChI=1S/C15H26N2O3S/c1-10(2)9-21(18,19)17-13-8-11(15(3,4)5)7-12(16)14(13)20-6/h7-8,10,17H,9,16H2,1-6H3. The number of anilines is 2. The van der Waals surface area contributed by atoms with Crippen LogP contribution in [0.15, 0.2) is 12.1 Å². The third-order valence-electron chi connectivity index (χ3n) is 3.01. The molecule has 1 rings (SSSR count). The maximum atomic E-state index is 12.1. The third kappa shape index (κ3) is 4.81. The molecule has 0 aliphatic heterocycles. The Kier molecular flexibility index (Phi) is 5.15. The predicted octanol–water partition coefficient (Wildman–Crippen LogP) is 2.97. The Morgan fingerprint density at radius 2 is 1.86 bits per heavy atom. The van der Waals surface area contributed by atoms with Gasteiger partial charge < -0.3 is 10.5 Å². The lowest BCUT2D eigenvalue weighted by atomic mass is 9.86. The van der Waals surface area contributed by atoms with Gasteiger partial charge in [0.25, 0.3) is 0 Å². The first-order valence-corrected chi connectivity index (χ1v) is 8.60. The van der Waals surface area contributed by atoms with Crippen molar-refractivity contribution in [2.75, 3.05) is 23.3 Å². The van der Waals surface area contributed by atoms with Crippen LogP contribution in [0.3, 0.4) is 0 Å². The number of rotatable bonds is 5. The Morgan fingerprint density at radius 3 is 2.29 bits per heavy atom. The maximum Gasteiger partial charge on any atom is 0.233 e. The van der Waals surface area contributed by atoms with Crippen molar-refractivity contribution >= 4 is 21.4 Å². The minimum atomic E-state index is -3.43. The van der Waals surface area contributed by atoms with Gasteiger partial charge in [0.15, 0.2) is 5.75 Å². The molecule has 0 saturated carbocycles. The fraction of sp³-hybridized carbons (Fsp3) is 0.600. The molecule has 1 aromatic rings. The molecule has 0 fully saturated rings. The van der Waals surface area contributed by atoms with Gasteiger partial charge in [0, 0.05) is 0 Å². The van der Waals surface area contributed by atoms with Crippen molar-refractivity contribution < 1.29 is 13.2 Å². The van der Waals surface area contributed by atoms with E-state index in [9.17, 15) is 8.42 Å². The quantitative estimate of drug-likeness (QED) is 0.819. The lowest BCUT2D eigenvalue weighted by Gasteiger charge is -2.23. The molecule has 0 aromatic heterocycles. The summed E-state index contributed by atoms with van der Waals surface area (Å²) in [6, 6.07) is 3.60. The minimum Gasteiger partial charge on any atom is -0.492 e. The van der Waals surface area contributed by atoms with Gasteiger partial charge in [0.1, 0.15) is 0 Å². The van der Waals surface area contributed by atoms with Crippen LogP contribution in [0.25, 0.3) is 0 Å². The molecule has 120 valence electrons. The summed E-state index contributed by atoms with van der Waals surface area (Å²) in [5.41, 5.74) is 7.61. The summed E-state index contributed by atoms with van der Waals surface area (Å²) >= 11 is 0. The molecule has 5 nitrogen and oxygen atoms in total. The SMILES string of the molecule is COc1c(N)cc(C(C)(C)C)cc1NS(=O)(=O)CC(C)C. The van der Waals surface area contributed by atoms with Crippen LogP contribution in [0.1, 0.15) is 40.2 Å². The Labute approximate surface area is 127 Å². The predicted molar refractivity (Wildman–Crippen MR) is 88.4 cm³/mol. The van der Waals surface area contributed by atoms with Gasteiger partial charge in [-0.05, 0) is 29.0 Å². The van der Waals surface area contributed by atoms with E-state index in [4.69, 9.17) is 10.5 Å². The summed E-state index contributed by atoms with van der Waals surface area (Å²) in [6.07, 6.45) is 0. The molecule has 21 heavy (non-hydrogen) atoms. The van der Waals surface area contributed by atoms with E-state index in [1.165, 1.54) is 7.11 Å². The molecule has 1 aromatic carbocycles. The molecule has 0 aliphatic rings. The highest BCUT2D eigenvalue weighted by Crippen LogP contribution is 2.37. The lowest BCUT2D eigenvalue weighted by molar-refractivity contribution is 0.418. The smallest absolute Gasteiger partial charge is 0.233 e. The maximum absolute atomic E-state index is 12.1. The zero-order valence-electron chi connectivity index (χ0n) is 13.6. The molecule has 0 bridgehead atoms. The lowest BCUT2D eigenvalue weighted by Crippen LogP contribution is -2.21. The number of methoxy groups -OCH3 is 1. The van der Waals surface area contributed by atoms with Crippen molar-refractivity contribution in [3.63, 3.8) is 0 Å². The Balaban J connectivity index is 3.30. The monoisotopic (exact) mass is 314 g/mol. The van der Waals surface area contributed by atoms with Crippen molar-refractivity contribution in [1.29, 1.82) is 0 Å². The largest absolute Gasteiger partial charge is 0.492 e. The summed E-state index contributed by atoms with van der Waals surface area (Å²) < 4.78 is 32.1. The van der Waals surface area contributed by atoms with E-state index >= 15 is 0 Å². The summed E-state index contributed by atoms with van der Waals surface area (Å²) in [5, 5.41) is 0. The Hall–Kier alpha value is -1.43. The number of nitrogens with two attached hydrogens (primary N) is 1. The molecule has 0 amide bonds. The van der Waals surface area contributed by atoms with E-state index in [0.717, 1.165) is 5.56 Å². The highest BCUT2D eigenvalue weighted by atomic mass is 32.2. The van der Waals surface area contributed by atoms with E-state index in [-0.39, 0.29) is 17.1 Å². The van der Waals surface area contributed by atoms with Gasteiger partial charge in [-0.25, -0.2) is 8.42 Å². The molecular weight excluding hydrogens is 288 g/mol. The number of hydrogen-bond donors (Lipinski definition) is 2. The van der Waals surface area contributed by atoms with E-state index in [1.807, 2.05) is 40.7 Å². The van der Waals surface area contributed by atoms with E-state index in [1.54, 1.807) is 6.07 Å². The molecule has 0 spiro atoms. The summed E-state index contributed by atoms with van der Waals surface area (Å²) in [6.45, 7) is 9.84. The molecular formula is C15H26N2O3S. The first-order valence-electron chi connectivity index (χ1n) is 6.94. The Morgan fingerprint density at radius 1 is 1.29 bits per heavy atom. The van der Waals surface area contributed by atoms with Crippen LogP contribution in [0.4, 0.5) is 11.4 Å². The second kappa shape index (κ2) is 6.13. The van der Waals surface area contributed by atoms with Crippen LogP contribution >= 0.6 is 0 Å². The number of benzene rings is 1. The second-order valence-corrected chi connectivity index (χ2v) is 8.44. The van der Waals surface area contributed by atoms with Gasteiger partial charge in [0.2, 0.25) is 10.0 Å². The van der Waals surface area contributed by atoms with Crippen molar-refractivity contribution in [3.05, 3.63) is 17.7 Å². The molecule has 3 N–H and O–H groups in total. The summed E-state index contributed by atoms with van der Waals surface area (Å²) in [5.74, 6) is 0.447. The van der Waals surface area contributed by atoms with E-state index in [0.29, 0.717) is 17.1 Å². The van der Waals surface area contributed by atoms with Gasteiger partial charge in [-0.2, -0.15) is 0 Å². The minimum absolute atomic E-state index is 0.0386. The molecule has 6 heteroatoms. The van der Waals surface area contributed by atoms with Crippen molar-refractivity contribution in [1.82, 2.24) is 0 Å². The molecule has 0 atom stereocenters. The normalized spacial score (nSPS) is 12.5. The zero-order chi connectivity index (χ0) is 16.4. The third-order valence-corrected chi connectivity index (χ3v) is 4.64. The Bertz CT molecular complexity index is 602. The number of hydrogen-bond acceptors (Lipinski definition) is 4.